The summed E-state index contributed by atoms with van der Waals surface area (Å²) < 4.78 is 10.7. The molecule has 0 aliphatic carbocycles. The predicted molar refractivity (Wildman–Crippen MR) is 75.4 cm³/mol. The average Bonchev–Trinajstić information content (AvgIpc) is 2.52. The molecule has 1 fully saturated rings. The molecule has 2 unspecified atom stereocenters. The van der Waals surface area contributed by atoms with Gasteiger partial charge in [0, 0.05) is 12.7 Å². The summed E-state index contributed by atoms with van der Waals surface area (Å²) in [6.07, 6.45) is 2.76. The first-order chi connectivity index (χ1) is 9.74. The van der Waals surface area contributed by atoms with Crippen molar-refractivity contribution in [3.05, 3.63) is 23.9 Å². The maximum absolute atomic E-state index is 12.2. The molecule has 5 nitrogen and oxygen atoms in total. The molecule has 0 radical (unpaired) electrons. The fraction of sp³-hybridized carbons (Fsp3) is 0.600. The minimum Gasteiger partial charge on any atom is -0.481 e. The summed E-state index contributed by atoms with van der Waals surface area (Å²) in [5, 5.41) is 2.95. The summed E-state index contributed by atoms with van der Waals surface area (Å²) in [6, 6.07) is 5.52. The number of pyridine rings is 1. The predicted octanol–water partition coefficient (Wildman–Crippen LogP) is 1.91. The van der Waals surface area contributed by atoms with Crippen LogP contribution in [0.4, 0.5) is 0 Å². The number of hydrogen-bond donors (Lipinski definition) is 1. The van der Waals surface area contributed by atoms with Crippen molar-refractivity contribution in [2.45, 2.75) is 38.8 Å². The van der Waals surface area contributed by atoms with E-state index in [9.17, 15) is 4.79 Å². The average molecular weight is 278 g/mol. The van der Waals surface area contributed by atoms with Gasteiger partial charge in [0.05, 0.1) is 31.4 Å². The van der Waals surface area contributed by atoms with Crippen molar-refractivity contribution in [3.63, 3.8) is 0 Å². The molecule has 0 spiro atoms. The van der Waals surface area contributed by atoms with Gasteiger partial charge < -0.3 is 14.8 Å². The largest absolute Gasteiger partial charge is 0.481 e. The molecule has 0 aromatic carbocycles. The molecular formula is C15H22N2O3. The Balaban J connectivity index is 1.90. The molecule has 1 saturated heterocycles. The van der Waals surface area contributed by atoms with Crippen LogP contribution in [0.5, 0.6) is 5.88 Å². The van der Waals surface area contributed by atoms with Crippen LogP contribution in [0.15, 0.2) is 18.2 Å². The summed E-state index contributed by atoms with van der Waals surface area (Å²) >= 11 is 0. The third-order valence-electron chi connectivity index (χ3n) is 3.61. The number of nitrogens with zero attached hydrogens (tertiary/aromatic N) is 1. The molecule has 1 N–H and O–H groups in total. The summed E-state index contributed by atoms with van der Waals surface area (Å²) in [6.45, 7) is 3.24. The Labute approximate surface area is 119 Å². The summed E-state index contributed by atoms with van der Waals surface area (Å²) in [4.78, 5) is 16.5. The summed E-state index contributed by atoms with van der Waals surface area (Å²) in [5.74, 6) is 0.574. The Morgan fingerprint density at radius 1 is 1.55 bits per heavy atom. The van der Waals surface area contributed by atoms with Gasteiger partial charge in [-0.2, -0.15) is 0 Å². The number of carbonyl (C=O) groups is 1. The Morgan fingerprint density at radius 2 is 2.40 bits per heavy atom. The zero-order valence-corrected chi connectivity index (χ0v) is 12.1. The first-order valence-electron chi connectivity index (χ1n) is 7.13. The minimum absolute atomic E-state index is 0.0423. The second-order valence-electron chi connectivity index (χ2n) is 4.96. The van der Waals surface area contributed by atoms with Gasteiger partial charge in [0.15, 0.2) is 0 Å². The lowest BCUT2D eigenvalue weighted by molar-refractivity contribution is -0.134. The highest BCUT2D eigenvalue weighted by atomic mass is 16.5. The second kappa shape index (κ2) is 7.24. The van der Waals surface area contributed by atoms with Crippen LogP contribution in [0.2, 0.25) is 0 Å². The van der Waals surface area contributed by atoms with Crippen molar-refractivity contribution in [1.82, 2.24) is 10.3 Å². The van der Waals surface area contributed by atoms with Crippen molar-refractivity contribution < 1.29 is 14.3 Å². The molecule has 2 atom stereocenters. The molecule has 5 heteroatoms. The van der Waals surface area contributed by atoms with E-state index in [1.54, 1.807) is 13.2 Å². The maximum atomic E-state index is 12.2. The fourth-order valence-corrected chi connectivity index (χ4v) is 2.52. The quantitative estimate of drug-likeness (QED) is 0.894. The van der Waals surface area contributed by atoms with Crippen molar-refractivity contribution in [2.75, 3.05) is 13.7 Å². The van der Waals surface area contributed by atoms with Crippen LogP contribution < -0.4 is 10.1 Å². The van der Waals surface area contributed by atoms with Crippen LogP contribution >= 0.6 is 0 Å². The van der Waals surface area contributed by atoms with Gasteiger partial charge in [-0.05, 0) is 25.3 Å². The highest BCUT2D eigenvalue weighted by Crippen LogP contribution is 2.23. The standard InChI is InChI=1S/C15H22N2O3/c1-3-13-12(7-5-9-20-13)15(18)16-10-11-6-4-8-14(17-11)19-2/h4,6,8,12-13H,3,5,7,9-10H2,1-2H3,(H,16,18). The Bertz CT molecular complexity index is 450. The van der Waals surface area contributed by atoms with E-state index in [1.807, 2.05) is 12.1 Å². The van der Waals surface area contributed by atoms with Gasteiger partial charge in [-0.3, -0.25) is 4.79 Å². The zero-order chi connectivity index (χ0) is 14.4. The van der Waals surface area contributed by atoms with Crippen molar-refractivity contribution >= 4 is 5.91 Å². The number of carbonyl (C=O) groups excluding carboxylic acids is 1. The van der Waals surface area contributed by atoms with E-state index in [0.717, 1.165) is 31.6 Å². The molecule has 2 heterocycles. The van der Waals surface area contributed by atoms with Crippen molar-refractivity contribution in [1.29, 1.82) is 0 Å². The monoisotopic (exact) mass is 278 g/mol. The van der Waals surface area contributed by atoms with Crippen LogP contribution in [0.3, 0.4) is 0 Å². The third kappa shape index (κ3) is 3.70. The molecule has 1 amide bonds. The molecule has 20 heavy (non-hydrogen) atoms. The van der Waals surface area contributed by atoms with E-state index in [0.29, 0.717) is 12.4 Å². The molecule has 2 rings (SSSR count). The number of ether oxygens (including phenoxy) is 2. The maximum Gasteiger partial charge on any atom is 0.226 e. The molecule has 0 saturated carbocycles. The van der Waals surface area contributed by atoms with Gasteiger partial charge in [-0.15, -0.1) is 0 Å². The lowest BCUT2D eigenvalue weighted by Gasteiger charge is -2.30. The van der Waals surface area contributed by atoms with Gasteiger partial charge in [0.1, 0.15) is 0 Å². The van der Waals surface area contributed by atoms with E-state index in [2.05, 4.69) is 17.2 Å². The van der Waals surface area contributed by atoms with Crippen LogP contribution in [-0.2, 0) is 16.1 Å². The fourth-order valence-electron chi connectivity index (χ4n) is 2.52. The minimum atomic E-state index is -0.0423. The number of methoxy groups -OCH3 is 1. The summed E-state index contributed by atoms with van der Waals surface area (Å²) in [5.41, 5.74) is 0.794. The number of hydrogen-bond acceptors (Lipinski definition) is 4. The highest BCUT2D eigenvalue weighted by molar-refractivity contribution is 5.79. The van der Waals surface area contributed by atoms with Crippen LogP contribution in [0, 0.1) is 5.92 Å². The molecular weight excluding hydrogens is 256 g/mol. The first-order valence-corrected chi connectivity index (χ1v) is 7.13. The highest BCUT2D eigenvalue weighted by Gasteiger charge is 2.30. The van der Waals surface area contributed by atoms with Crippen LogP contribution in [0.1, 0.15) is 31.9 Å². The van der Waals surface area contributed by atoms with Gasteiger partial charge in [0.25, 0.3) is 0 Å². The molecule has 1 aromatic heterocycles. The Kier molecular flexibility index (Phi) is 5.35. The summed E-state index contributed by atoms with van der Waals surface area (Å²) in [7, 11) is 1.58. The van der Waals surface area contributed by atoms with E-state index >= 15 is 0 Å². The number of nitrogens with one attached hydrogen (secondary N) is 1. The molecule has 0 bridgehead atoms. The van der Waals surface area contributed by atoms with E-state index in [4.69, 9.17) is 9.47 Å². The smallest absolute Gasteiger partial charge is 0.226 e. The van der Waals surface area contributed by atoms with Crippen molar-refractivity contribution in [2.24, 2.45) is 5.92 Å². The number of amides is 1. The lowest BCUT2D eigenvalue weighted by atomic mass is 9.92. The number of rotatable bonds is 5. The van der Waals surface area contributed by atoms with Gasteiger partial charge in [-0.25, -0.2) is 4.98 Å². The van der Waals surface area contributed by atoms with Gasteiger partial charge >= 0.3 is 0 Å². The molecule has 1 aliphatic rings. The van der Waals surface area contributed by atoms with Gasteiger partial charge in [-0.1, -0.05) is 13.0 Å². The van der Waals surface area contributed by atoms with E-state index in [1.165, 1.54) is 0 Å². The third-order valence-corrected chi connectivity index (χ3v) is 3.61. The normalized spacial score (nSPS) is 22.3. The van der Waals surface area contributed by atoms with Crippen LogP contribution in [-0.4, -0.2) is 30.7 Å². The molecule has 110 valence electrons. The second-order valence-corrected chi connectivity index (χ2v) is 4.96. The Morgan fingerprint density at radius 3 is 3.15 bits per heavy atom. The topological polar surface area (TPSA) is 60.5 Å². The SMILES string of the molecule is CCC1OCCCC1C(=O)NCc1cccc(OC)n1. The molecule has 1 aromatic rings. The van der Waals surface area contributed by atoms with E-state index in [-0.39, 0.29) is 17.9 Å². The zero-order valence-electron chi connectivity index (χ0n) is 12.1. The van der Waals surface area contributed by atoms with E-state index < -0.39 is 0 Å². The van der Waals surface area contributed by atoms with Crippen LogP contribution in [0.25, 0.3) is 0 Å². The number of aromatic nitrogens is 1. The lowest BCUT2D eigenvalue weighted by Crippen LogP contribution is -2.41. The van der Waals surface area contributed by atoms with Gasteiger partial charge in [0.2, 0.25) is 11.8 Å². The van der Waals surface area contributed by atoms with Crippen molar-refractivity contribution in [3.8, 4) is 5.88 Å². The first kappa shape index (κ1) is 14.8. The molecule has 1 aliphatic heterocycles. The Hall–Kier alpha value is -1.62.